The van der Waals surface area contributed by atoms with Crippen LogP contribution < -0.4 is 5.73 Å². The van der Waals surface area contributed by atoms with Crippen LogP contribution in [0.3, 0.4) is 0 Å². The fourth-order valence-electron chi connectivity index (χ4n) is 0.672. The van der Waals surface area contributed by atoms with E-state index in [9.17, 15) is 4.79 Å². The second kappa shape index (κ2) is 14.1. The van der Waals surface area contributed by atoms with E-state index in [1.807, 2.05) is 13.8 Å². The van der Waals surface area contributed by atoms with Crippen LogP contribution in [0, 0.1) is 0 Å². The molecule has 15 heavy (non-hydrogen) atoms. The minimum atomic E-state index is 0.212. The van der Waals surface area contributed by atoms with Crippen molar-refractivity contribution in [2.24, 2.45) is 5.73 Å². The van der Waals surface area contributed by atoms with E-state index in [4.69, 9.17) is 5.73 Å². The van der Waals surface area contributed by atoms with E-state index in [-0.39, 0.29) is 5.91 Å². The van der Waals surface area contributed by atoms with Crippen molar-refractivity contribution in [1.82, 2.24) is 4.90 Å². The van der Waals surface area contributed by atoms with Gasteiger partial charge < -0.3 is 10.6 Å². The molecule has 0 spiro atoms. The summed E-state index contributed by atoms with van der Waals surface area (Å²) in [6, 6.07) is 0. The molecule has 0 heterocycles. The first-order chi connectivity index (χ1) is 7.18. The van der Waals surface area contributed by atoms with E-state index in [1.165, 1.54) is 0 Å². The number of rotatable bonds is 7. The fraction of sp³-hybridized carbons (Fsp3) is 0.900. The number of hydrogen-bond donors (Lipinski definition) is 1. The first kappa shape index (κ1) is 17.5. The molecule has 0 aliphatic rings. The predicted molar refractivity (Wildman–Crippen MR) is 73.2 cm³/mol. The van der Waals surface area contributed by atoms with Crippen molar-refractivity contribution in [2.45, 2.75) is 26.7 Å². The highest BCUT2D eigenvalue weighted by molar-refractivity contribution is 8.76. The van der Waals surface area contributed by atoms with Gasteiger partial charge in [-0.2, -0.15) is 0 Å². The molecule has 0 unspecified atom stereocenters. The highest BCUT2D eigenvalue weighted by Crippen LogP contribution is 2.21. The van der Waals surface area contributed by atoms with Gasteiger partial charge >= 0.3 is 0 Å². The molecule has 5 heteroatoms. The van der Waals surface area contributed by atoms with Crippen molar-refractivity contribution < 1.29 is 4.79 Å². The van der Waals surface area contributed by atoms with Crippen LogP contribution in [0.25, 0.3) is 0 Å². The van der Waals surface area contributed by atoms with Crippen LogP contribution in [0.15, 0.2) is 0 Å². The molecule has 0 aromatic heterocycles. The Kier molecular flexibility index (Phi) is 16.5. The predicted octanol–water partition coefficient (Wildman–Crippen LogP) is 2.22. The van der Waals surface area contributed by atoms with E-state index in [1.54, 1.807) is 40.6 Å². The van der Waals surface area contributed by atoms with Gasteiger partial charge in [0.25, 0.3) is 0 Å². The fourth-order valence-corrected chi connectivity index (χ4v) is 2.62. The quantitative estimate of drug-likeness (QED) is 0.557. The maximum absolute atomic E-state index is 11.1. The number of amides is 1. The Morgan fingerprint density at radius 2 is 1.73 bits per heavy atom. The molecule has 0 atom stereocenters. The van der Waals surface area contributed by atoms with Gasteiger partial charge in [-0.1, -0.05) is 35.4 Å². The van der Waals surface area contributed by atoms with Gasteiger partial charge in [-0.05, 0) is 6.42 Å². The van der Waals surface area contributed by atoms with Crippen LogP contribution >= 0.6 is 21.6 Å². The van der Waals surface area contributed by atoms with E-state index < -0.39 is 0 Å². The SMILES string of the molecule is CC.CN(C)C(=O)CCCSSCCN. The van der Waals surface area contributed by atoms with E-state index in [0.29, 0.717) is 6.42 Å². The van der Waals surface area contributed by atoms with Crippen molar-refractivity contribution >= 4 is 27.5 Å². The first-order valence-electron chi connectivity index (χ1n) is 5.33. The molecule has 0 radical (unpaired) electrons. The normalized spacial score (nSPS) is 9.13. The summed E-state index contributed by atoms with van der Waals surface area (Å²) in [5.41, 5.74) is 5.34. The molecular weight excluding hydrogens is 228 g/mol. The van der Waals surface area contributed by atoms with Gasteiger partial charge in [0.2, 0.25) is 5.91 Å². The van der Waals surface area contributed by atoms with Crippen molar-refractivity contribution in [1.29, 1.82) is 0 Å². The minimum absolute atomic E-state index is 0.212. The summed E-state index contributed by atoms with van der Waals surface area (Å²) in [6.45, 7) is 4.73. The van der Waals surface area contributed by atoms with Crippen molar-refractivity contribution in [2.75, 3.05) is 32.1 Å². The standard InChI is InChI=1S/C8H18N2OS2.C2H6/c1-10(2)8(11)4-3-6-12-13-7-5-9;1-2/h3-7,9H2,1-2H3;1-2H3. The zero-order valence-electron chi connectivity index (χ0n) is 10.3. The van der Waals surface area contributed by atoms with Crippen LogP contribution in [-0.2, 0) is 4.79 Å². The molecule has 1 amide bonds. The molecule has 0 saturated carbocycles. The molecule has 0 bridgehead atoms. The largest absolute Gasteiger partial charge is 0.349 e. The lowest BCUT2D eigenvalue weighted by molar-refractivity contribution is -0.128. The van der Waals surface area contributed by atoms with Crippen molar-refractivity contribution in [3.05, 3.63) is 0 Å². The zero-order valence-corrected chi connectivity index (χ0v) is 11.9. The van der Waals surface area contributed by atoms with Crippen molar-refractivity contribution in [3.63, 3.8) is 0 Å². The summed E-state index contributed by atoms with van der Waals surface area (Å²) in [5.74, 6) is 2.24. The monoisotopic (exact) mass is 252 g/mol. The average molecular weight is 252 g/mol. The number of carbonyl (C=O) groups is 1. The number of nitrogens with two attached hydrogens (primary N) is 1. The van der Waals surface area contributed by atoms with Gasteiger partial charge in [0.1, 0.15) is 0 Å². The molecule has 0 fully saturated rings. The lowest BCUT2D eigenvalue weighted by Crippen LogP contribution is -2.21. The Balaban J connectivity index is 0. The molecule has 3 nitrogen and oxygen atoms in total. The zero-order chi connectivity index (χ0) is 12.1. The van der Waals surface area contributed by atoms with Crippen LogP contribution in [0.1, 0.15) is 26.7 Å². The average Bonchev–Trinajstić information content (AvgIpc) is 2.25. The Bertz CT molecular complexity index is 143. The van der Waals surface area contributed by atoms with Gasteiger partial charge in [-0.3, -0.25) is 4.79 Å². The number of nitrogens with zero attached hydrogens (tertiary/aromatic N) is 1. The topological polar surface area (TPSA) is 46.3 Å². The van der Waals surface area contributed by atoms with Gasteiger partial charge in [0.05, 0.1) is 0 Å². The Morgan fingerprint density at radius 1 is 1.20 bits per heavy atom. The van der Waals surface area contributed by atoms with Crippen LogP contribution in [0.4, 0.5) is 0 Å². The van der Waals surface area contributed by atoms with E-state index in [0.717, 1.165) is 24.5 Å². The molecule has 0 aliphatic heterocycles. The summed E-state index contributed by atoms with van der Waals surface area (Å²) in [7, 11) is 7.16. The van der Waals surface area contributed by atoms with Crippen LogP contribution in [0.2, 0.25) is 0 Å². The molecule has 0 rings (SSSR count). The maximum atomic E-state index is 11.1. The second-order valence-electron chi connectivity index (χ2n) is 2.82. The molecule has 0 aliphatic carbocycles. The number of carbonyl (C=O) groups excluding carboxylic acids is 1. The Morgan fingerprint density at radius 3 is 2.20 bits per heavy atom. The van der Waals surface area contributed by atoms with Gasteiger partial charge in [0, 0.05) is 38.6 Å². The third-order valence-corrected chi connectivity index (χ3v) is 3.93. The molecular formula is C10H24N2OS2. The third kappa shape index (κ3) is 14.1. The van der Waals surface area contributed by atoms with Crippen molar-refractivity contribution in [3.8, 4) is 0 Å². The summed E-state index contributed by atoms with van der Waals surface area (Å²) in [4.78, 5) is 12.8. The van der Waals surface area contributed by atoms with E-state index >= 15 is 0 Å². The smallest absolute Gasteiger partial charge is 0.222 e. The van der Waals surface area contributed by atoms with Gasteiger partial charge in [0.15, 0.2) is 0 Å². The summed E-state index contributed by atoms with van der Waals surface area (Å²) >= 11 is 0. The van der Waals surface area contributed by atoms with Crippen LogP contribution in [-0.4, -0.2) is 43.0 Å². The Hall–Kier alpha value is 0.130. The second-order valence-corrected chi connectivity index (χ2v) is 5.53. The lowest BCUT2D eigenvalue weighted by atomic mass is 10.3. The van der Waals surface area contributed by atoms with Gasteiger partial charge in [-0.15, -0.1) is 0 Å². The minimum Gasteiger partial charge on any atom is -0.349 e. The molecule has 0 saturated heterocycles. The summed E-state index contributed by atoms with van der Waals surface area (Å²) in [5, 5.41) is 0. The molecule has 0 aromatic carbocycles. The summed E-state index contributed by atoms with van der Waals surface area (Å²) < 4.78 is 0. The maximum Gasteiger partial charge on any atom is 0.222 e. The number of hydrogen-bond acceptors (Lipinski definition) is 4. The molecule has 0 aromatic rings. The summed E-state index contributed by atoms with van der Waals surface area (Å²) in [6.07, 6.45) is 1.61. The van der Waals surface area contributed by atoms with Gasteiger partial charge in [-0.25, -0.2) is 0 Å². The molecule has 2 N–H and O–H groups in total. The first-order valence-corrected chi connectivity index (χ1v) is 7.82. The van der Waals surface area contributed by atoms with Crippen LogP contribution in [0.5, 0.6) is 0 Å². The van der Waals surface area contributed by atoms with E-state index in [2.05, 4.69) is 0 Å². The third-order valence-electron chi connectivity index (χ3n) is 1.40. The molecule has 92 valence electrons. The Labute approximate surface area is 102 Å². The highest BCUT2D eigenvalue weighted by atomic mass is 33.1. The highest BCUT2D eigenvalue weighted by Gasteiger charge is 2.02. The lowest BCUT2D eigenvalue weighted by Gasteiger charge is -2.09.